The predicted octanol–water partition coefficient (Wildman–Crippen LogP) is 5.91. The Kier molecular flexibility index (Phi) is 8.08. The number of aliphatic carboxylic acids is 1. The third kappa shape index (κ3) is 5.75. The highest BCUT2D eigenvalue weighted by Crippen LogP contribution is 2.39. The van der Waals surface area contributed by atoms with Gasteiger partial charge in [-0.2, -0.15) is 0 Å². The third-order valence-corrected chi connectivity index (χ3v) is 9.92. The fraction of sp³-hybridized carbons (Fsp3) is 0.529. The van der Waals surface area contributed by atoms with Crippen LogP contribution >= 0.6 is 0 Å². The number of hydrogen-bond acceptors (Lipinski definition) is 4. The van der Waals surface area contributed by atoms with Gasteiger partial charge in [-0.05, 0) is 74.7 Å². The fourth-order valence-electron chi connectivity index (χ4n) is 7.45. The maximum Gasteiger partial charge on any atom is 0.320 e. The number of imidazole rings is 1. The molecular formula is C34H44N4O2. The normalized spacial score (nSPS) is 23.8. The smallest absolute Gasteiger partial charge is 0.320 e. The molecule has 2 aliphatic heterocycles. The highest BCUT2D eigenvalue weighted by Gasteiger charge is 2.41. The van der Waals surface area contributed by atoms with Crippen molar-refractivity contribution >= 4 is 11.6 Å². The SMILES string of the molecule is C=CCc1ccc2ncc(C3CCN(C[C@H]4CN([C@H](CC5CCC5)C(=O)O)C[C@@H]4c4cccc(C)c4)CC3)n2c1. The molecule has 0 spiro atoms. The van der Waals surface area contributed by atoms with Crippen LogP contribution in [0.25, 0.3) is 5.65 Å². The second-order valence-electron chi connectivity index (χ2n) is 12.6. The number of allylic oxidation sites excluding steroid dienone is 1. The Morgan fingerprint density at radius 2 is 1.98 bits per heavy atom. The molecule has 1 aromatic carbocycles. The summed E-state index contributed by atoms with van der Waals surface area (Å²) in [6, 6.07) is 12.8. The monoisotopic (exact) mass is 540 g/mol. The number of likely N-dealkylation sites (tertiary alicyclic amines) is 2. The first-order chi connectivity index (χ1) is 19.5. The van der Waals surface area contributed by atoms with Gasteiger partial charge in [0.05, 0.1) is 0 Å². The summed E-state index contributed by atoms with van der Waals surface area (Å²) >= 11 is 0. The second-order valence-corrected chi connectivity index (χ2v) is 12.6. The van der Waals surface area contributed by atoms with Gasteiger partial charge in [-0.25, -0.2) is 4.98 Å². The minimum atomic E-state index is -0.638. The number of aromatic nitrogens is 2. The third-order valence-electron chi connectivity index (χ3n) is 9.92. The molecule has 3 atom stereocenters. The van der Waals surface area contributed by atoms with Crippen LogP contribution in [0.2, 0.25) is 0 Å². The van der Waals surface area contributed by atoms with Gasteiger partial charge in [0, 0.05) is 49.6 Å². The molecular weight excluding hydrogens is 496 g/mol. The highest BCUT2D eigenvalue weighted by molar-refractivity contribution is 5.73. The van der Waals surface area contributed by atoms with Crippen LogP contribution in [-0.2, 0) is 11.2 Å². The minimum Gasteiger partial charge on any atom is -0.480 e. The molecule has 4 heterocycles. The number of nitrogens with zero attached hydrogens (tertiary/aromatic N) is 4. The van der Waals surface area contributed by atoms with Crippen molar-refractivity contribution in [2.45, 2.75) is 69.7 Å². The topological polar surface area (TPSA) is 61.1 Å². The molecule has 6 heteroatoms. The Bertz CT molecular complexity index is 1340. The van der Waals surface area contributed by atoms with E-state index >= 15 is 0 Å². The molecule has 6 rings (SSSR count). The molecule has 0 bridgehead atoms. The molecule has 3 fully saturated rings. The predicted molar refractivity (Wildman–Crippen MR) is 160 cm³/mol. The van der Waals surface area contributed by atoms with Crippen molar-refractivity contribution in [1.29, 1.82) is 0 Å². The van der Waals surface area contributed by atoms with Gasteiger partial charge in [0.15, 0.2) is 0 Å². The average Bonchev–Trinajstić information content (AvgIpc) is 3.53. The summed E-state index contributed by atoms with van der Waals surface area (Å²) in [5.74, 6) is 1.28. The van der Waals surface area contributed by atoms with Crippen LogP contribution in [0, 0.1) is 18.8 Å². The average molecular weight is 541 g/mol. The summed E-state index contributed by atoms with van der Waals surface area (Å²) in [5.41, 5.74) is 6.27. The highest BCUT2D eigenvalue weighted by atomic mass is 16.4. The van der Waals surface area contributed by atoms with Crippen LogP contribution in [-0.4, -0.2) is 69.0 Å². The van der Waals surface area contributed by atoms with E-state index in [9.17, 15) is 9.90 Å². The van der Waals surface area contributed by atoms with Gasteiger partial charge < -0.3 is 14.4 Å². The number of pyridine rings is 1. The maximum atomic E-state index is 12.4. The van der Waals surface area contributed by atoms with Gasteiger partial charge in [0.1, 0.15) is 11.7 Å². The number of benzene rings is 1. The van der Waals surface area contributed by atoms with Crippen LogP contribution in [0.4, 0.5) is 0 Å². The Hall–Kier alpha value is -2.96. The summed E-state index contributed by atoms with van der Waals surface area (Å²) in [6.45, 7) is 11.0. The molecule has 0 amide bonds. The molecule has 0 unspecified atom stereocenters. The van der Waals surface area contributed by atoms with E-state index in [1.165, 1.54) is 41.6 Å². The molecule has 0 radical (unpaired) electrons. The molecule has 212 valence electrons. The first-order valence-electron chi connectivity index (χ1n) is 15.3. The Labute approximate surface area is 238 Å². The standard InChI is InChI=1S/C34H44N4O2/c1-3-6-26-11-12-33-35-19-32(38(33)20-26)27-13-15-36(16-14-27)21-29-22-37(31(34(39)40)18-25-8-5-9-25)23-30(29)28-10-4-7-24(2)17-28/h3-4,7,10-12,17,19-20,25,27,29-31H,1,5-6,8-9,13-16,18,21-23H2,2H3,(H,39,40)/t29-,30+,31+/m0/s1. The Balaban J connectivity index is 1.15. The van der Waals surface area contributed by atoms with Crippen molar-refractivity contribution < 1.29 is 9.90 Å². The first kappa shape index (κ1) is 27.2. The lowest BCUT2D eigenvalue weighted by molar-refractivity contribution is -0.144. The number of carbonyl (C=O) groups is 1. The zero-order chi connectivity index (χ0) is 27.6. The van der Waals surface area contributed by atoms with Gasteiger partial charge in [0.2, 0.25) is 0 Å². The van der Waals surface area contributed by atoms with Crippen LogP contribution < -0.4 is 0 Å². The number of hydrogen-bond donors (Lipinski definition) is 1. The Morgan fingerprint density at radius 1 is 1.15 bits per heavy atom. The molecule has 1 aliphatic carbocycles. The van der Waals surface area contributed by atoms with Crippen LogP contribution in [0.3, 0.4) is 0 Å². The number of piperidine rings is 1. The van der Waals surface area contributed by atoms with E-state index < -0.39 is 5.97 Å². The van der Waals surface area contributed by atoms with Crippen LogP contribution in [0.1, 0.15) is 72.7 Å². The minimum absolute atomic E-state index is 0.352. The van der Waals surface area contributed by atoms with Gasteiger partial charge in [-0.3, -0.25) is 9.69 Å². The van der Waals surface area contributed by atoms with Crippen molar-refractivity contribution in [1.82, 2.24) is 19.2 Å². The van der Waals surface area contributed by atoms with Crippen molar-refractivity contribution in [2.75, 3.05) is 32.7 Å². The summed E-state index contributed by atoms with van der Waals surface area (Å²) in [4.78, 5) is 22.0. The lowest BCUT2D eigenvalue weighted by Crippen LogP contribution is -2.43. The lowest BCUT2D eigenvalue weighted by Gasteiger charge is -2.35. The van der Waals surface area contributed by atoms with Crippen molar-refractivity contribution in [3.8, 4) is 0 Å². The van der Waals surface area contributed by atoms with E-state index in [4.69, 9.17) is 0 Å². The van der Waals surface area contributed by atoms with Crippen LogP contribution in [0.5, 0.6) is 0 Å². The summed E-state index contributed by atoms with van der Waals surface area (Å²) in [5, 5.41) is 10.2. The number of fused-ring (bicyclic) bond motifs is 1. The van der Waals surface area contributed by atoms with Crippen molar-refractivity contribution in [2.24, 2.45) is 11.8 Å². The van der Waals surface area contributed by atoms with Crippen LogP contribution in [0.15, 0.2) is 61.4 Å². The van der Waals surface area contributed by atoms with Gasteiger partial charge in [-0.1, -0.05) is 61.2 Å². The lowest BCUT2D eigenvalue weighted by atomic mass is 9.80. The molecule has 1 saturated carbocycles. The molecule has 2 aromatic heterocycles. The first-order valence-corrected chi connectivity index (χ1v) is 15.3. The van der Waals surface area contributed by atoms with Gasteiger partial charge >= 0.3 is 5.97 Å². The fourth-order valence-corrected chi connectivity index (χ4v) is 7.45. The van der Waals surface area contributed by atoms with E-state index in [0.29, 0.717) is 23.7 Å². The molecule has 1 N–H and O–H groups in total. The van der Waals surface area contributed by atoms with Crippen molar-refractivity contribution in [3.63, 3.8) is 0 Å². The summed E-state index contributed by atoms with van der Waals surface area (Å²) in [6.07, 6.45) is 13.8. The molecule has 3 aromatic rings. The maximum absolute atomic E-state index is 12.4. The number of aryl methyl sites for hydroxylation is 1. The zero-order valence-electron chi connectivity index (χ0n) is 23.9. The zero-order valence-corrected chi connectivity index (χ0v) is 23.9. The number of rotatable bonds is 10. The largest absolute Gasteiger partial charge is 0.480 e. The summed E-state index contributed by atoms with van der Waals surface area (Å²) in [7, 11) is 0. The van der Waals surface area contributed by atoms with E-state index in [0.717, 1.165) is 64.1 Å². The molecule has 3 aliphatic rings. The molecule has 6 nitrogen and oxygen atoms in total. The summed E-state index contributed by atoms with van der Waals surface area (Å²) < 4.78 is 2.29. The second kappa shape index (κ2) is 11.9. The van der Waals surface area contributed by atoms with E-state index in [1.54, 1.807) is 0 Å². The van der Waals surface area contributed by atoms with Gasteiger partial charge in [0.25, 0.3) is 0 Å². The van der Waals surface area contributed by atoms with E-state index in [2.05, 4.69) is 81.5 Å². The van der Waals surface area contributed by atoms with E-state index in [1.807, 2.05) is 6.08 Å². The molecule has 40 heavy (non-hydrogen) atoms. The quantitative estimate of drug-likeness (QED) is 0.324. The number of carboxylic acid groups (broad SMARTS) is 1. The molecule has 2 saturated heterocycles. The number of carboxylic acids is 1. The van der Waals surface area contributed by atoms with E-state index in [-0.39, 0.29) is 6.04 Å². The van der Waals surface area contributed by atoms with Gasteiger partial charge in [-0.15, -0.1) is 6.58 Å². The van der Waals surface area contributed by atoms with Crippen molar-refractivity contribution in [3.05, 3.63) is 83.8 Å². The Morgan fingerprint density at radius 3 is 2.67 bits per heavy atom.